The standard InChI is InChI=1S/C24H19BrN2O5/c1-31-17-6-4-16(5-7-17)27-21(14-9-11-26-12-10-14)20(23(29)24(27)30)22(28)15-3-8-19(32-2)18(25)13-15/h3-13,21,28H,1-2H3/b22-20-. The first kappa shape index (κ1) is 21.6. The molecule has 7 nitrogen and oxygen atoms in total. The van der Waals surface area contributed by atoms with Crippen molar-refractivity contribution in [3.63, 3.8) is 0 Å². The molecule has 1 fully saturated rings. The Labute approximate surface area is 193 Å². The van der Waals surface area contributed by atoms with Gasteiger partial charge in [-0.3, -0.25) is 19.5 Å². The smallest absolute Gasteiger partial charge is 0.300 e. The molecule has 2 heterocycles. The summed E-state index contributed by atoms with van der Waals surface area (Å²) in [4.78, 5) is 31.7. The number of rotatable bonds is 5. The van der Waals surface area contributed by atoms with Gasteiger partial charge in [0.15, 0.2) is 0 Å². The molecule has 0 radical (unpaired) electrons. The number of pyridine rings is 1. The molecular formula is C24H19BrN2O5. The largest absolute Gasteiger partial charge is 0.507 e. The van der Waals surface area contributed by atoms with Gasteiger partial charge in [0.05, 0.1) is 30.3 Å². The summed E-state index contributed by atoms with van der Waals surface area (Å²) in [6.45, 7) is 0. The number of Topliss-reactive ketones (excluding diaryl/α,β-unsaturated/α-hetero) is 1. The number of ketones is 1. The number of benzene rings is 2. The molecule has 2 aromatic carbocycles. The minimum atomic E-state index is -0.827. The van der Waals surface area contributed by atoms with Crippen LogP contribution in [0.1, 0.15) is 17.2 Å². The van der Waals surface area contributed by atoms with Gasteiger partial charge in [0.25, 0.3) is 11.7 Å². The SMILES string of the molecule is COc1ccc(N2C(=O)C(=O)/C(=C(\O)c3ccc(OC)c(Br)c3)C2c2ccncc2)cc1. The third-order valence-corrected chi connectivity index (χ3v) is 5.86. The molecule has 0 spiro atoms. The molecule has 0 saturated carbocycles. The summed E-state index contributed by atoms with van der Waals surface area (Å²) < 4.78 is 11.0. The summed E-state index contributed by atoms with van der Waals surface area (Å²) in [5.41, 5.74) is 1.52. The van der Waals surface area contributed by atoms with E-state index in [0.29, 0.717) is 32.8 Å². The summed E-state index contributed by atoms with van der Waals surface area (Å²) in [6, 6.07) is 14.3. The predicted molar refractivity (Wildman–Crippen MR) is 123 cm³/mol. The quantitative estimate of drug-likeness (QED) is 0.319. The molecule has 3 aromatic rings. The van der Waals surface area contributed by atoms with E-state index in [9.17, 15) is 14.7 Å². The van der Waals surface area contributed by atoms with Crippen LogP contribution < -0.4 is 14.4 Å². The maximum Gasteiger partial charge on any atom is 0.300 e. The number of halogens is 1. The number of nitrogens with zero attached hydrogens (tertiary/aromatic N) is 2. The molecule has 1 atom stereocenters. The lowest BCUT2D eigenvalue weighted by atomic mass is 9.95. The topological polar surface area (TPSA) is 89.0 Å². The summed E-state index contributed by atoms with van der Waals surface area (Å²) in [7, 11) is 3.08. The Kier molecular flexibility index (Phi) is 5.96. The molecule has 1 N–H and O–H groups in total. The Bertz CT molecular complexity index is 1210. The summed E-state index contributed by atoms with van der Waals surface area (Å²) in [5.74, 6) is -0.581. The van der Waals surface area contributed by atoms with Crippen LogP contribution in [0.5, 0.6) is 11.5 Å². The minimum absolute atomic E-state index is 0.00548. The van der Waals surface area contributed by atoms with Gasteiger partial charge in [-0.2, -0.15) is 0 Å². The van der Waals surface area contributed by atoms with Crippen molar-refractivity contribution in [1.29, 1.82) is 0 Å². The summed E-state index contributed by atoms with van der Waals surface area (Å²) >= 11 is 3.39. The second-order valence-corrected chi connectivity index (χ2v) is 7.85. The number of carbonyl (C=O) groups is 2. The Morgan fingerprint density at radius 3 is 2.28 bits per heavy atom. The number of carbonyl (C=O) groups excluding carboxylic acids is 2. The molecule has 162 valence electrons. The van der Waals surface area contributed by atoms with Crippen LogP contribution in [0.25, 0.3) is 5.76 Å². The molecule has 1 saturated heterocycles. The lowest BCUT2D eigenvalue weighted by Gasteiger charge is -2.25. The third-order valence-electron chi connectivity index (χ3n) is 5.24. The number of amides is 1. The van der Waals surface area contributed by atoms with Crippen molar-refractivity contribution in [2.45, 2.75) is 6.04 Å². The highest BCUT2D eigenvalue weighted by atomic mass is 79.9. The van der Waals surface area contributed by atoms with Crippen LogP contribution in [0.4, 0.5) is 5.69 Å². The minimum Gasteiger partial charge on any atom is -0.507 e. The van der Waals surface area contributed by atoms with Crippen LogP contribution in [-0.4, -0.2) is 36.0 Å². The van der Waals surface area contributed by atoms with Crippen molar-refractivity contribution in [3.05, 3.63) is 88.2 Å². The average molecular weight is 495 g/mol. The first-order chi connectivity index (χ1) is 15.5. The number of hydrogen-bond acceptors (Lipinski definition) is 6. The highest BCUT2D eigenvalue weighted by molar-refractivity contribution is 9.10. The van der Waals surface area contributed by atoms with Crippen LogP contribution in [0.3, 0.4) is 0 Å². The maximum atomic E-state index is 13.1. The maximum absolute atomic E-state index is 13.1. The Balaban J connectivity index is 1.90. The molecule has 1 unspecified atom stereocenters. The molecule has 0 aliphatic carbocycles. The van der Waals surface area contributed by atoms with Gasteiger partial charge in [-0.15, -0.1) is 0 Å². The molecule has 8 heteroatoms. The van der Waals surface area contributed by atoms with Gasteiger partial charge < -0.3 is 14.6 Å². The van der Waals surface area contributed by atoms with Crippen molar-refractivity contribution in [3.8, 4) is 11.5 Å². The number of anilines is 1. The van der Waals surface area contributed by atoms with Gasteiger partial charge in [-0.25, -0.2) is 0 Å². The number of aliphatic hydroxyl groups excluding tert-OH is 1. The number of aromatic nitrogens is 1. The molecule has 0 bridgehead atoms. The fourth-order valence-corrected chi connectivity index (χ4v) is 4.21. The van der Waals surface area contributed by atoms with E-state index in [0.717, 1.165) is 0 Å². The van der Waals surface area contributed by atoms with E-state index in [2.05, 4.69) is 20.9 Å². The fraction of sp³-hybridized carbons (Fsp3) is 0.125. The van der Waals surface area contributed by atoms with E-state index in [1.807, 2.05) is 0 Å². The molecular weight excluding hydrogens is 476 g/mol. The van der Waals surface area contributed by atoms with Crippen LogP contribution in [0.2, 0.25) is 0 Å². The lowest BCUT2D eigenvalue weighted by molar-refractivity contribution is -0.132. The highest BCUT2D eigenvalue weighted by Gasteiger charge is 2.47. The second kappa shape index (κ2) is 8.84. The van der Waals surface area contributed by atoms with Crippen LogP contribution in [-0.2, 0) is 9.59 Å². The van der Waals surface area contributed by atoms with Crippen molar-refractivity contribution in [2.75, 3.05) is 19.1 Å². The predicted octanol–water partition coefficient (Wildman–Crippen LogP) is 4.49. The Hall–Kier alpha value is -3.65. The van der Waals surface area contributed by atoms with Crippen LogP contribution in [0.15, 0.2) is 77.0 Å². The van der Waals surface area contributed by atoms with Crippen molar-refractivity contribution < 1.29 is 24.2 Å². The zero-order valence-electron chi connectivity index (χ0n) is 17.3. The molecule has 32 heavy (non-hydrogen) atoms. The Morgan fingerprint density at radius 2 is 1.69 bits per heavy atom. The Morgan fingerprint density at radius 1 is 1.00 bits per heavy atom. The molecule has 1 aromatic heterocycles. The third kappa shape index (κ3) is 3.73. The number of ether oxygens (including phenoxy) is 2. The van der Waals surface area contributed by atoms with Crippen molar-refractivity contribution >= 4 is 39.1 Å². The normalized spacial score (nSPS) is 17.5. The molecule has 1 aliphatic heterocycles. The summed E-state index contributed by atoms with van der Waals surface area (Å²) in [5, 5.41) is 11.2. The molecule has 1 amide bonds. The average Bonchev–Trinajstić information content (AvgIpc) is 3.09. The number of hydrogen-bond donors (Lipinski definition) is 1. The van der Waals surface area contributed by atoms with E-state index in [1.165, 1.54) is 12.0 Å². The van der Waals surface area contributed by atoms with E-state index < -0.39 is 17.7 Å². The van der Waals surface area contributed by atoms with Gasteiger partial charge in [0.1, 0.15) is 17.3 Å². The second-order valence-electron chi connectivity index (χ2n) is 7.00. The van der Waals surface area contributed by atoms with Gasteiger partial charge in [-0.1, -0.05) is 0 Å². The van der Waals surface area contributed by atoms with E-state index in [4.69, 9.17) is 9.47 Å². The summed E-state index contributed by atoms with van der Waals surface area (Å²) in [6.07, 6.45) is 3.15. The van der Waals surface area contributed by atoms with E-state index in [-0.39, 0.29) is 11.3 Å². The van der Waals surface area contributed by atoms with Gasteiger partial charge in [0, 0.05) is 23.6 Å². The van der Waals surface area contributed by atoms with Gasteiger partial charge >= 0.3 is 0 Å². The lowest BCUT2D eigenvalue weighted by Crippen LogP contribution is -2.29. The zero-order valence-corrected chi connectivity index (χ0v) is 18.9. The number of methoxy groups -OCH3 is 2. The van der Waals surface area contributed by atoms with E-state index in [1.54, 1.807) is 74.1 Å². The van der Waals surface area contributed by atoms with Gasteiger partial charge in [0.2, 0.25) is 0 Å². The molecule has 1 aliphatic rings. The zero-order chi connectivity index (χ0) is 22.8. The first-order valence-electron chi connectivity index (χ1n) is 9.65. The highest BCUT2D eigenvalue weighted by Crippen LogP contribution is 2.42. The molecule has 4 rings (SSSR count). The van der Waals surface area contributed by atoms with Crippen molar-refractivity contribution in [1.82, 2.24) is 4.98 Å². The fourth-order valence-electron chi connectivity index (χ4n) is 3.67. The van der Waals surface area contributed by atoms with Crippen molar-refractivity contribution in [2.24, 2.45) is 0 Å². The monoisotopic (exact) mass is 494 g/mol. The van der Waals surface area contributed by atoms with E-state index >= 15 is 0 Å². The van der Waals surface area contributed by atoms with Crippen LogP contribution in [0, 0.1) is 0 Å². The van der Waals surface area contributed by atoms with Gasteiger partial charge in [-0.05, 0) is 76.1 Å². The first-order valence-corrected chi connectivity index (χ1v) is 10.4. The number of aliphatic hydroxyl groups is 1. The van der Waals surface area contributed by atoms with Crippen LogP contribution >= 0.6 is 15.9 Å².